The number of ether oxygens (including phenoxy) is 1. The average Bonchev–Trinajstić information content (AvgIpc) is 3.01. The molecule has 1 aliphatic heterocycles. The van der Waals surface area contributed by atoms with Gasteiger partial charge in [-0.05, 0) is 54.9 Å². The van der Waals surface area contributed by atoms with Gasteiger partial charge in [0.25, 0.3) is 0 Å². The lowest BCUT2D eigenvalue weighted by Crippen LogP contribution is -2.30. The highest BCUT2D eigenvalue weighted by atomic mass is 16.5. The second kappa shape index (κ2) is 7.83. The third kappa shape index (κ3) is 4.69. The Morgan fingerprint density at radius 3 is 2.64 bits per heavy atom. The Balaban J connectivity index is 1.36. The van der Waals surface area contributed by atoms with Crippen molar-refractivity contribution in [1.82, 2.24) is 5.32 Å². The minimum atomic E-state index is -0.247. The molecule has 134 valence electrons. The van der Waals surface area contributed by atoms with E-state index in [2.05, 4.69) is 17.2 Å². The van der Waals surface area contributed by atoms with Gasteiger partial charge in [-0.1, -0.05) is 25.1 Å². The van der Waals surface area contributed by atoms with E-state index in [1.54, 1.807) is 12.1 Å². The molecule has 5 heteroatoms. The van der Waals surface area contributed by atoms with E-state index >= 15 is 0 Å². The Hall–Kier alpha value is -2.14. The van der Waals surface area contributed by atoms with Crippen LogP contribution in [0, 0.1) is 5.41 Å². The van der Waals surface area contributed by atoms with Crippen molar-refractivity contribution in [2.45, 2.75) is 44.6 Å². The zero-order valence-electron chi connectivity index (χ0n) is 14.6. The molecule has 0 aromatic heterocycles. The van der Waals surface area contributed by atoms with Crippen LogP contribution in [0.5, 0.6) is 0 Å². The van der Waals surface area contributed by atoms with Gasteiger partial charge in [-0.3, -0.25) is 9.59 Å². The van der Waals surface area contributed by atoms with Crippen LogP contribution >= 0.6 is 0 Å². The molecule has 1 saturated heterocycles. The molecule has 1 atom stereocenters. The molecule has 25 heavy (non-hydrogen) atoms. The van der Waals surface area contributed by atoms with Gasteiger partial charge < -0.3 is 15.4 Å². The number of carbonyl (C=O) groups excluding carboxylic acids is 2. The van der Waals surface area contributed by atoms with E-state index < -0.39 is 0 Å². The number of nitrogens with one attached hydrogen (secondary N) is 2. The SMILES string of the molecule is C=CC(=O)Nc1ccc(CC(=O)NCCC2CC3(CCC3)CO2)cc1. The molecular weight excluding hydrogens is 316 g/mol. The van der Waals surface area contributed by atoms with E-state index in [0.717, 1.165) is 25.0 Å². The van der Waals surface area contributed by atoms with Crippen molar-refractivity contribution in [3.8, 4) is 0 Å². The Morgan fingerprint density at radius 2 is 2.04 bits per heavy atom. The van der Waals surface area contributed by atoms with Crippen molar-refractivity contribution in [3.63, 3.8) is 0 Å². The normalized spacial score (nSPS) is 20.7. The zero-order valence-corrected chi connectivity index (χ0v) is 14.6. The third-order valence-corrected chi connectivity index (χ3v) is 5.26. The number of amides is 2. The summed E-state index contributed by atoms with van der Waals surface area (Å²) in [7, 11) is 0. The van der Waals surface area contributed by atoms with Crippen molar-refractivity contribution >= 4 is 17.5 Å². The molecule has 0 radical (unpaired) electrons. The summed E-state index contributed by atoms with van der Waals surface area (Å²) in [6.07, 6.45) is 7.85. The molecular formula is C20H26N2O3. The van der Waals surface area contributed by atoms with Crippen LogP contribution in [0.25, 0.3) is 0 Å². The number of carbonyl (C=O) groups is 2. The largest absolute Gasteiger partial charge is 0.378 e. The smallest absolute Gasteiger partial charge is 0.247 e. The van der Waals surface area contributed by atoms with Crippen molar-refractivity contribution in [1.29, 1.82) is 0 Å². The molecule has 5 nitrogen and oxygen atoms in total. The van der Waals surface area contributed by atoms with Gasteiger partial charge in [-0.25, -0.2) is 0 Å². The van der Waals surface area contributed by atoms with Crippen molar-refractivity contribution < 1.29 is 14.3 Å². The van der Waals surface area contributed by atoms with Crippen LogP contribution in [-0.2, 0) is 20.7 Å². The van der Waals surface area contributed by atoms with Gasteiger partial charge in [0.1, 0.15) is 0 Å². The van der Waals surface area contributed by atoms with Crippen molar-refractivity contribution in [3.05, 3.63) is 42.5 Å². The molecule has 2 aliphatic rings. The summed E-state index contributed by atoms with van der Waals surface area (Å²) < 4.78 is 5.87. The van der Waals surface area contributed by atoms with E-state index in [1.807, 2.05) is 12.1 Å². The summed E-state index contributed by atoms with van der Waals surface area (Å²) in [6.45, 7) is 4.98. The van der Waals surface area contributed by atoms with Gasteiger partial charge >= 0.3 is 0 Å². The van der Waals surface area contributed by atoms with E-state index in [9.17, 15) is 9.59 Å². The van der Waals surface area contributed by atoms with Crippen LogP contribution in [0.1, 0.15) is 37.7 Å². The molecule has 1 heterocycles. The van der Waals surface area contributed by atoms with Crippen LogP contribution in [0.2, 0.25) is 0 Å². The fraction of sp³-hybridized carbons (Fsp3) is 0.500. The van der Waals surface area contributed by atoms with Gasteiger partial charge in [0, 0.05) is 12.2 Å². The molecule has 1 unspecified atom stereocenters. The van der Waals surface area contributed by atoms with E-state index in [-0.39, 0.29) is 11.8 Å². The summed E-state index contributed by atoms with van der Waals surface area (Å²) in [6, 6.07) is 7.26. The maximum absolute atomic E-state index is 12.1. The Labute approximate surface area is 148 Å². The lowest BCUT2D eigenvalue weighted by molar-refractivity contribution is -0.120. The van der Waals surface area contributed by atoms with E-state index in [1.165, 1.54) is 25.3 Å². The summed E-state index contributed by atoms with van der Waals surface area (Å²) >= 11 is 0. The van der Waals surface area contributed by atoms with E-state index in [4.69, 9.17) is 4.74 Å². The number of hydrogen-bond acceptors (Lipinski definition) is 3. The zero-order chi connectivity index (χ0) is 17.7. The molecule has 1 spiro atoms. The molecule has 2 N–H and O–H groups in total. The molecule has 1 aromatic rings. The minimum Gasteiger partial charge on any atom is -0.378 e. The minimum absolute atomic E-state index is 0.0132. The quantitative estimate of drug-likeness (QED) is 0.749. The van der Waals surface area contributed by atoms with Crippen LogP contribution in [-0.4, -0.2) is 31.1 Å². The number of benzene rings is 1. The maximum atomic E-state index is 12.1. The van der Waals surface area contributed by atoms with Gasteiger partial charge in [-0.2, -0.15) is 0 Å². The summed E-state index contributed by atoms with van der Waals surface area (Å²) in [4.78, 5) is 23.3. The topological polar surface area (TPSA) is 67.4 Å². The van der Waals surface area contributed by atoms with Gasteiger partial charge in [0.05, 0.1) is 19.1 Å². The Bertz CT molecular complexity index is 635. The first-order chi connectivity index (χ1) is 12.1. The molecule has 2 amide bonds. The predicted octanol–water partition coefficient (Wildman–Crippen LogP) is 2.82. The highest BCUT2D eigenvalue weighted by molar-refractivity contribution is 5.98. The average molecular weight is 342 g/mol. The highest BCUT2D eigenvalue weighted by Crippen LogP contribution is 2.49. The molecule has 2 fully saturated rings. The maximum Gasteiger partial charge on any atom is 0.247 e. The highest BCUT2D eigenvalue weighted by Gasteiger charge is 2.44. The third-order valence-electron chi connectivity index (χ3n) is 5.26. The predicted molar refractivity (Wildman–Crippen MR) is 97.2 cm³/mol. The van der Waals surface area contributed by atoms with Crippen LogP contribution in [0.4, 0.5) is 5.69 Å². The summed E-state index contributed by atoms with van der Waals surface area (Å²) in [5.41, 5.74) is 2.08. The fourth-order valence-electron chi connectivity index (χ4n) is 3.63. The first-order valence-corrected chi connectivity index (χ1v) is 8.99. The number of rotatable bonds is 7. The number of anilines is 1. The Kier molecular flexibility index (Phi) is 5.53. The lowest BCUT2D eigenvalue weighted by Gasteiger charge is -2.36. The summed E-state index contributed by atoms with van der Waals surface area (Å²) in [5, 5.41) is 5.66. The van der Waals surface area contributed by atoms with Crippen molar-refractivity contribution in [2.24, 2.45) is 5.41 Å². The molecule has 1 aliphatic carbocycles. The van der Waals surface area contributed by atoms with E-state index in [0.29, 0.717) is 30.2 Å². The molecule has 3 rings (SSSR count). The first kappa shape index (κ1) is 17.7. The van der Waals surface area contributed by atoms with Crippen LogP contribution in [0.3, 0.4) is 0 Å². The molecule has 1 saturated carbocycles. The van der Waals surface area contributed by atoms with Gasteiger partial charge in [0.15, 0.2) is 0 Å². The lowest BCUT2D eigenvalue weighted by atomic mass is 9.67. The summed E-state index contributed by atoms with van der Waals surface area (Å²) in [5.74, 6) is -0.234. The standard InChI is InChI=1S/C20H26N2O3/c1-2-18(23)22-16-6-4-15(5-7-16)12-19(24)21-11-8-17-13-20(14-25-17)9-3-10-20/h2,4-7,17H,1,3,8-14H2,(H,21,24)(H,22,23). The second-order valence-corrected chi connectivity index (χ2v) is 7.20. The van der Waals surface area contributed by atoms with Gasteiger partial charge in [-0.15, -0.1) is 0 Å². The van der Waals surface area contributed by atoms with Crippen LogP contribution in [0.15, 0.2) is 36.9 Å². The fourth-order valence-corrected chi connectivity index (χ4v) is 3.63. The molecule has 1 aromatic carbocycles. The van der Waals surface area contributed by atoms with Crippen LogP contribution < -0.4 is 10.6 Å². The molecule has 0 bridgehead atoms. The second-order valence-electron chi connectivity index (χ2n) is 7.20. The Morgan fingerprint density at radius 1 is 1.28 bits per heavy atom. The monoisotopic (exact) mass is 342 g/mol. The van der Waals surface area contributed by atoms with Crippen molar-refractivity contribution in [2.75, 3.05) is 18.5 Å². The first-order valence-electron chi connectivity index (χ1n) is 8.99. The van der Waals surface area contributed by atoms with Gasteiger partial charge in [0.2, 0.25) is 11.8 Å². The number of hydrogen-bond donors (Lipinski definition) is 2.